The molecule has 0 atom stereocenters. The van der Waals surface area contributed by atoms with Gasteiger partial charge in [-0.25, -0.2) is 8.42 Å². The summed E-state index contributed by atoms with van der Waals surface area (Å²) in [5.41, 5.74) is 6.27. The van der Waals surface area contributed by atoms with Gasteiger partial charge in [0.2, 0.25) is 10.0 Å². The summed E-state index contributed by atoms with van der Waals surface area (Å²) >= 11 is 0. The van der Waals surface area contributed by atoms with E-state index in [-0.39, 0.29) is 11.2 Å². The van der Waals surface area contributed by atoms with Crippen molar-refractivity contribution in [2.24, 2.45) is 11.1 Å². The molecule has 0 spiro atoms. The minimum Gasteiger partial charge on any atom is -0.330 e. The van der Waals surface area contributed by atoms with Crippen LogP contribution in [0.2, 0.25) is 0 Å². The Morgan fingerprint density at radius 3 is 2.25 bits per heavy atom. The van der Waals surface area contributed by atoms with Crippen molar-refractivity contribution in [2.45, 2.75) is 33.7 Å². The van der Waals surface area contributed by atoms with Crippen LogP contribution in [0.15, 0.2) is 30.3 Å². The molecule has 4 nitrogen and oxygen atoms in total. The van der Waals surface area contributed by atoms with Crippen molar-refractivity contribution in [3.05, 3.63) is 35.9 Å². The minimum atomic E-state index is -3.27. The minimum absolute atomic E-state index is 0.150. The Bertz CT molecular complexity index is 492. The van der Waals surface area contributed by atoms with E-state index in [4.69, 9.17) is 5.73 Å². The lowest BCUT2D eigenvalue weighted by atomic mass is 10.0. The van der Waals surface area contributed by atoms with Crippen molar-refractivity contribution in [1.82, 2.24) is 4.31 Å². The molecule has 0 aliphatic rings. The molecule has 20 heavy (non-hydrogen) atoms. The first-order chi connectivity index (χ1) is 9.24. The van der Waals surface area contributed by atoms with Crippen molar-refractivity contribution in [2.75, 3.05) is 18.8 Å². The second kappa shape index (κ2) is 7.20. The molecule has 5 heteroatoms. The average molecular weight is 298 g/mol. The monoisotopic (exact) mass is 298 g/mol. The van der Waals surface area contributed by atoms with Crippen LogP contribution in [0.25, 0.3) is 0 Å². The molecule has 1 aromatic rings. The highest BCUT2D eigenvalue weighted by atomic mass is 32.2. The predicted molar refractivity (Wildman–Crippen MR) is 83.8 cm³/mol. The molecule has 0 heterocycles. The van der Waals surface area contributed by atoms with E-state index in [1.807, 2.05) is 51.1 Å². The van der Waals surface area contributed by atoms with E-state index in [9.17, 15) is 8.42 Å². The van der Waals surface area contributed by atoms with Crippen LogP contribution in [-0.2, 0) is 16.6 Å². The second-order valence-electron chi connectivity index (χ2n) is 6.28. The topological polar surface area (TPSA) is 63.4 Å². The zero-order chi connectivity index (χ0) is 15.2. The fourth-order valence-electron chi connectivity index (χ4n) is 2.01. The number of rotatable bonds is 7. The molecular formula is C15H26N2O2S. The molecule has 0 amide bonds. The molecule has 114 valence electrons. The van der Waals surface area contributed by atoms with Crippen molar-refractivity contribution in [3.8, 4) is 0 Å². The van der Waals surface area contributed by atoms with Crippen LogP contribution >= 0.6 is 0 Å². The number of benzene rings is 1. The van der Waals surface area contributed by atoms with Gasteiger partial charge in [-0.05, 0) is 23.9 Å². The van der Waals surface area contributed by atoms with Crippen LogP contribution in [0.3, 0.4) is 0 Å². The molecule has 1 aromatic carbocycles. The highest BCUT2D eigenvalue weighted by Crippen LogP contribution is 2.20. The van der Waals surface area contributed by atoms with E-state index in [1.54, 1.807) is 4.31 Å². The summed E-state index contributed by atoms with van der Waals surface area (Å²) in [6.07, 6.45) is 0.677. The molecule has 0 fully saturated rings. The third-order valence-electron chi connectivity index (χ3n) is 2.82. The zero-order valence-corrected chi connectivity index (χ0v) is 13.5. The Labute approximate surface area is 123 Å². The summed E-state index contributed by atoms with van der Waals surface area (Å²) < 4.78 is 26.6. The average Bonchev–Trinajstić information content (AvgIpc) is 2.32. The summed E-state index contributed by atoms with van der Waals surface area (Å²) in [6.45, 7) is 7.20. The highest BCUT2D eigenvalue weighted by Gasteiger charge is 2.27. The number of nitrogens with zero attached hydrogens (tertiary/aromatic N) is 1. The van der Waals surface area contributed by atoms with Gasteiger partial charge < -0.3 is 5.73 Å². The van der Waals surface area contributed by atoms with Crippen LogP contribution in [0.4, 0.5) is 0 Å². The molecule has 2 N–H and O–H groups in total. The molecule has 0 saturated heterocycles. The van der Waals surface area contributed by atoms with Gasteiger partial charge in [-0.1, -0.05) is 51.1 Å². The summed E-state index contributed by atoms with van der Waals surface area (Å²) in [5.74, 6) is 0.150. The van der Waals surface area contributed by atoms with E-state index in [1.165, 1.54) is 0 Å². The van der Waals surface area contributed by atoms with E-state index in [0.29, 0.717) is 26.1 Å². The quantitative estimate of drug-likeness (QED) is 0.839. The van der Waals surface area contributed by atoms with Gasteiger partial charge in [0.1, 0.15) is 0 Å². The number of hydrogen-bond acceptors (Lipinski definition) is 3. The fraction of sp³-hybridized carbons (Fsp3) is 0.600. The van der Waals surface area contributed by atoms with E-state index < -0.39 is 10.0 Å². The maximum absolute atomic E-state index is 12.5. The standard InChI is InChI=1S/C15H26N2O2S/c1-15(2,3)13-20(18,19)17(11-7-10-16)12-14-8-5-4-6-9-14/h4-6,8-9H,7,10-13,16H2,1-3H3. The Balaban J connectivity index is 2.88. The molecule has 0 saturated carbocycles. The second-order valence-corrected chi connectivity index (χ2v) is 8.25. The summed E-state index contributed by atoms with van der Waals surface area (Å²) in [5, 5.41) is 0. The van der Waals surface area contributed by atoms with Crippen molar-refractivity contribution in [1.29, 1.82) is 0 Å². The molecule has 0 aliphatic heterocycles. The molecule has 1 rings (SSSR count). The number of hydrogen-bond donors (Lipinski definition) is 1. The predicted octanol–water partition coefficient (Wildman–Crippen LogP) is 2.21. The highest BCUT2D eigenvalue weighted by molar-refractivity contribution is 7.89. The van der Waals surface area contributed by atoms with Crippen LogP contribution < -0.4 is 5.73 Å². The summed E-state index contributed by atoms with van der Waals surface area (Å²) in [7, 11) is -3.27. The molecule has 0 unspecified atom stereocenters. The Morgan fingerprint density at radius 1 is 1.15 bits per heavy atom. The van der Waals surface area contributed by atoms with Gasteiger partial charge in [-0.2, -0.15) is 4.31 Å². The van der Waals surface area contributed by atoms with Gasteiger partial charge in [0.15, 0.2) is 0 Å². The van der Waals surface area contributed by atoms with Crippen LogP contribution in [-0.4, -0.2) is 31.6 Å². The smallest absolute Gasteiger partial charge is 0.214 e. The van der Waals surface area contributed by atoms with E-state index in [0.717, 1.165) is 5.56 Å². The number of sulfonamides is 1. The van der Waals surface area contributed by atoms with Gasteiger partial charge in [0.25, 0.3) is 0 Å². The third-order valence-corrected chi connectivity index (χ3v) is 5.15. The van der Waals surface area contributed by atoms with Gasteiger partial charge in [-0.3, -0.25) is 0 Å². The van der Waals surface area contributed by atoms with E-state index >= 15 is 0 Å². The zero-order valence-electron chi connectivity index (χ0n) is 12.7. The fourth-order valence-corrected chi connectivity index (χ4v) is 4.04. The van der Waals surface area contributed by atoms with Gasteiger partial charge in [-0.15, -0.1) is 0 Å². The van der Waals surface area contributed by atoms with Gasteiger partial charge in [0, 0.05) is 13.1 Å². The largest absolute Gasteiger partial charge is 0.330 e. The molecule has 0 bridgehead atoms. The van der Waals surface area contributed by atoms with Crippen molar-refractivity contribution < 1.29 is 8.42 Å². The first-order valence-electron chi connectivity index (χ1n) is 6.96. The van der Waals surface area contributed by atoms with Gasteiger partial charge in [0.05, 0.1) is 5.75 Å². The van der Waals surface area contributed by atoms with Crippen LogP contribution in [0.5, 0.6) is 0 Å². The third kappa shape index (κ3) is 6.03. The van der Waals surface area contributed by atoms with Crippen molar-refractivity contribution in [3.63, 3.8) is 0 Å². The lowest BCUT2D eigenvalue weighted by Gasteiger charge is -2.26. The lowest BCUT2D eigenvalue weighted by Crippen LogP contribution is -2.37. The SMILES string of the molecule is CC(C)(C)CS(=O)(=O)N(CCCN)Cc1ccccc1. The number of nitrogens with two attached hydrogens (primary N) is 1. The van der Waals surface area contributed by atoms with Crippen LogP contribution in [0.1, 0.15) is 32.8 Å². The first-order valence-corrected chi connectivity index (χ1v) is 8.57. The molecule has 0 aliphatic carbocycles. The van der Waals surface area contributed by atoms with Gasteiger partial charge >= 0.3 is 0 Å². The first kappa shape index (κ1) is 17.1. The summed E-state index contributed by atoms with van der Waals surface area (Å²) in [6, 6.07) is 9.67. The molecule has 0 aromatic heterocycles. The van der Waals surface area contributed by atoms with Crippen molar-refractivity contribution >= 4 is 10.0 Å². The Kier molecular flexibility index (Phi) is 6.17. The van der Waals surface area contributed by atoms with Crippen LogP contribution in [0, 0.1) is 5.41 Å². The van der Waals surface area contributed by atoms with E-state index in [2.05, 4.69) is 0 Å². The Morgan fingerprint density at radius 2 is 1.75 bits per heavy atom. The Hall–Kier alpha value is -0.910. The molecule has 0 radical (unpaired) electrons. The molecular weight excluding hydrogens is 272 g/mol. The maximum Gasteiger partial charge on any atom is 0.214 e. The normalized spacial score (nSPS) is 12.8. The summed E-state index contributed by atoms with van der Waals surface area (Å²) in [4.78, 5) is 0. The maximum atomic E-state index is 12.5. The lowest BCUT2D eigenvalue weighted by molar-refractivity contribution is 0.381.